The quantitative estimate of drug-likeness (QED) is 0.323. The highest BCUT2D eigenvalue weighted by Crippen LogP contribution is 2.34. The number of aromatic nitrogens is 2. The lowest BCUT2D eigenvalue weighted by Gasteiger charge is -2.15. The predicted octanol–water partition coefficient (Wildman–Crippen LogP) is 6.25. The number of halogens is 4. The van der Waals surface area contributed by atoms with Gasteiger partial charge in [0.15, 0.2) is 0 Å². The number of nitrogens with one attached hydrogen (secondary N) is 2. The maximum atomic E-state index is 13.5. The van der Waals surface area contributed by atoms with Gasteiger partial charge in [0.05, 0.1) is 16.8 Å². The van der Waals surface area contributed by atoms with Crippen molar-refractivity contribution in [3.63, 3.8) is 0 Å². The molecule has 0 radical (unpaired) electrons. The number of ether oxygens (including phenoxy) is 1. The number of rotatable bonds is 7. The highest BCUT2D eigenvalue weighted by molar-refractivity contribution is 5.86. The van der Waals surface area contributed by atoms with E-state index in [4.69, 9.17) is 4.74 Å². The summed E-state index contributed by atoms with van der Waals surface area (Å²) in [5, 5.41) is 6.68. The van der Waals surface area contributed by atoms with E-state index < -0.39 is 17.6 Å². The summed E-state index contributed by atoms with van der Waals surface area (Å²) in [6.07, 6.45) is -1.38. The molecular weight excluding hydrogens is 436 g/mol. The molecule has 9 heteroatoms. The van der Waals surface area contributed by atoms with Crippen LogP contribution in [0, 0.1) is 5.82 Å². The average molecular weight is 456 g/mol. The van der Waals surface area contributed by atoms with Crippen molar-refractivity contribution in [2.75, 3.05) is 12.4 Å². The Kier molecular flexibility index (Phi) is 6.06. The normalized spacial score (nSPS) is 11.5. The Hall–Kier alpha value is -3.85. The molecule has 0 fully saturated rings. The number of nitrogens with zero attached hydrogens (tertiary/aromatic N) is 2. The second kappa shape index (κ2) is 8.95. The summed E-state index contributed by atoms with van der Waals surface area (Å²) >= 11 is 0. The molecule has 0 aliphatic heterocycles. The SMILES string of the molecule is C=C(Nc1ccc(F)c(C(F)(F)F)c1)n1ccc2cc(Oc3ccnc(CNC)c3)ccc21. The zero-order valence-corrected chi connectivity index (χ0v) is 17.6. The van der Waals surface area contributed by atoms with Gasteiger partial charge in [-0.25, -0.2) is 4.39 Å². The van der Waals surface area contributed by atoms with Gasteiger partial charge in [0.25, 0.3) is 0 Å². The van der Waals surface area contributed by atoms with E-state index in [1.807, 2.05) is 31.3 Å². The highest BCUT2D eigenvalue weighted by Gasteiger charge is 2.34. The van der Waals surface area contributed by atoms with Gasteiger partial charge in [0.2, 0.25) is 0 Å². The second-order valence-electron chi connectivity index (χ2n) is 7.29. The van der Waals surface area contributed by atoms with Gasteiger partial charge < -0.3 is 19.9 Å². The van der Waals surface area contributed by atoms with Crippen molar-refractivity contribution in [3.05, 3.63) is 90.6 Å². The Bertz CT molecular complexity index is 1310. The van der Waals surface area contributed by atoms with Gasteiger partial charge >= 0.3 is 6.18 Å². The lowest BCUT2D eigenvalue weighted by atomic mass is 10.2. The molecule has 0 aliphatic carbocycles. The van der Waals surface area contributed by atoms with Crippen LogP contribution in [-0.4, -0.2) is 16.6 Å². The van der Waals surface area contributed by atoms with Crippen molar-refractivity contribution in [3.8, 4) is 11.5 Å². The molecule has 0 saturated heterocycles. The van der Waals surface area contributed by atoms with Gasteiger partial charge in [-0.3, -0.25) is 4.98 Å². The average Bonchev–Trinajstić information content (AvgIpc) is 3.18. The Morgan fingerprint density at radius 2 is 1.85 bits per heavy atom. The van der Waals surface area contributed by atoms with E-state index >= 15 is 0 Å². The third-order valence-electron chi connectivity index (χ3n) is 4.89. The van der Waals surface area contributed by atoms with Crippen molar-refractivity contribution in [2.24, 2.45) is 0 Å². The van der Waals surface area contributed by atoms with Crippen LogP contribution in [0.1, 0.15) is 11.3 Å². The number of fused-ring (bicyclic) bond motifs is 1. The van der Waals surface area contributed by atoms with E-state index in [0.717, 1.165) is 28.7 Å². The maximum absolute atomic E-state index is 13.5. The zero-order chi connectivity index (χ0) is 23.6. The summed E-state index contributed by atoms with van der Waals surface area (Å²) in [6.45, 7) is 4.52. The van der Waals surface area contributed by atoms with Crippen LogP contribution < -0.4 is 15.4 Å². The van der Waals surface area contributed by atoms with Crippen LogP contribution in [0.2, 0.25) is 0 Å². The van der Waals surface area contributed by atoms with Gasteiger partial charge in [-0.1, -0.05) is 6.58 Å². The largest absolute Gasteiger partial charge is 0.457 e. The lowest BCUT2D eigenvalue weighted by molar-refractivity contribution is -0.139. The summed E-state index contributed by atoms with van der Waals surface area (Å²) in [7, 11) is 1.84. The molecule has 0 atom stereocenters. The van der Waals surface area contributed by atoms with Gasteiger partial charge in [-0.05, 0) is 55.6 Å². The number of hydrogen-bond acceptors (Lipinski definition) is 4. The van der Waals surface area contributed by atoms with Crippen LogP contribution in [0.3, 0.4) is 0 Å². The number of benzene rings is 2. The Morgan fingerprint density at radius 1 is 1.06 bits per heavy atom. The molecule has 0 aliphatic rings. The highest BCUT2D eigenvalue weighted by atomic mass is 19.4. The van der Waals surface area contributed by atoms with Gasteiger partial charge in [0.1, 0.15) is 23.1 Å². The first-order chi connectivity index (χ1) is 15.7. The number of alkyl halides is 3. The first-order valence-electron chi connectivity index (χ1n) is 9.96. The molecule has 0 bridgehead atoms. The zero-order valence-electron chi connectivity index (χ0n) is 17.6. The predicted molar refractivity (Wildman–Crippen MR) is 119 cm³/mol. The molecule has 170 valence electrons. The first-order valence-corrected chi connectivity index (χ1v) is 9.96. The molecule has 2 N–H and O–H groups in total. The standard InChI is InChI=1S/C24H20F4N4O/c1-15(31-17-3-5-22(25)21(13-17)24(26,27)28)32-10-8-16-11-19(4-6-23(16)32)33-20-7-9-30-18(12-20)14-29-2/h3-13,29,31H,1,14H2,2H3. The molecule has 4 rings (SSSR count). The first kappa shape index (κ1) is 22.3. The van der Waals surface area contributed by atoms with Gasteiger partial charge in [0, 0.05) is 36.1 Å². The van der Waals surface area contributed by atoms with Crippen molar-refractivity contribution >= 4 is 22.4 Å². The van der Waals surface area contributed by atoms with Crippen LogP contribution in [0.5, 0.6) is 11.5 Å². The second-order valence-corrected chi connectivity index (χ2v) is 7.29. The minimum Gasteiger partial charge on any atom is -0.457 e. The van der Waals surface area contributed by atoms with Gasteiger partial charge in [-0.2, -0.15) is 13.2 Å². The topological polar surface area (TPSA) is 51.1 Å². The smallest absolute Gasteiger partial charge is 0.419 e. The Balaban J connectivity index is 1.54. The molecule has 2 aromatic carbocycles. The van der Waals surface area contributed by atoms with E-state index in [9.17, 15) is 17.6 Å². The Morgan fingerprint density at radius 3 is 2.61 bits per heavy atom. The van der Waals surface area contributed by atoms with Crippen molar-refractivity contribution < 1.29 is 22.3 Å². The summed E-state index contributed by atoms with van der Waals surface area (Å²) in [4.78, 5) is 4.26. The van der Waals surface area contributed by atoms with Crippen LogP contribution in [-0.2, 0) is 12.7 Å². The molecule has 0 unspecified atom stereocenters. The minimum atomic E-state index is -4.79. The van der Waals surface area contributed by atoms with Crippen LogP contribution >= 0.6 is 0 Å². The van der Waals surface area contributed by atoms with Crippen molar-refractivity contribution in [1.29, 1.82) is 0 Å². The van der Waals surface area contributed by atoms with E-state index in [1.165, 1.54) is 6.07 Å². The molecule has 2 heterocycles. The minimum absolute atomic E-state index is 0.0746. The molecule has 0 spiro atoms. The number of hydrogen-bond donors (Lipinski definition) is 2. The molecule has 2 aromatic heterocycles. The van der Waals surface area contributed by atoms with E-state index in [-0.39, 0.29) is 5.69 Å². The molecule has 5 nitrogen and oxygen atoms in total. The number of anilines is 1. The van der Waals surface area contributed by atoms with Crippen LogP contribution in [0.4, 0.5) is 23.2 Å². The fourth-order valence-electron chi connectivity index (χ4n) is 3.40. The summed E-state index contributed by atoms with van der Waals surface area (Å²) in [5.74, 6) is 0.250. The summed E-state index contributed by atoms with van der Waals surface area (Å²) in [6, 6.07) is 13.6. The Labute approximate surface area is 187 Å². The third-order valence-corrected chi connectivity index (χ3v) is 4.89. The monoisotopic (exact) mass is 456 g/mol. The molecule has 0 saturated carbocycles. The summed E-state index contributed by atoms with van der Waals surface area (Å²) in [5.41, 5.74) is 0.349. The molecule has 33 heavy (non-hydrogen) atoms. The van der Waals surface area contributed by atoms with E-state index in [2.05, 4.69) is 22.2 Å². The van der Waals surface area contributed by atoms with Crippen LogP contribution in [0.15, 0.2) is 73.6 Å². The third kappa shape index (κ3) is 4.98. The fourth-order valence-corrected chi connectivity index (χ4v) is 3.40. The molecule has 0 amide bonds. The molecule has 4 aromatic rings. The van der Waals surface area contributed by atoms with Gasteiger partial charge in [-0.15, -0.1) is 0 Å². The number of pyridine rings is 1. The van der Waals surface area contributed by atoms with E-state index in [1.54, 1.807) is 29.1 Å². The fraction of sp³-hybridized carbons (Fsp3) is 0.125. The van der Waals surface area contributed by atoms with Crippen molar-refractivity contribution in [2.45, 2.75) is 12.7 Å². The maximum Gasteiger partial charge on any atom is 0.419 e. The summed E-state index contributed by atoms with van der Waals surface area (Å²) < 4.78 is 60.1. The lowest BCUT2D eigenvalue weighted by Crippen LogP contribution is -2.10. The van der Waals surface area contributed by atoms with Crippen LogP contribution in [0.25, 0.3) is 16.7 Å². The van der Waals surface area contributed by atoms with Crippen molar-refractivity contribution in [1.82, 2.24) is 14.9 Å². The molecular formula is C24H20F4N4O. The van der Waals surface area contributed by atoms with E-state index in [0.29, 0.717) is 23.9 Å².